The smallest absolute Gasteiger partial charge is 0.194 e. The average Bonchev–Trinajstić information content (AvgIpc) is 2.62. The maximum Gasteiger partial charge on any atom is 0.194 e. The van der Waals surface area contributed by atoms with E-state index in [1.807, 2.05) is 55.5 Å². The SMILES string of the molecule is Cc1cccc(C(=O)c2ccccc2)c1C(=O)c1ccccc1. The van der Waals surface area contributed by atoms with Crippen molar-refractivity contribution in [2.24, 2.45) is 0 Å². The number of ketones is 2. The van der Waals surface area contributed by atoms with Gasteiger partial charge in [-0.15, -0.1) is 0 Å². The molecule has 112 valence electrons. The number of hydrogen-bond acceptors (Lipinski definition) is 2. The molecule has 3 aromatic rings. The molecule has 3 rings (SSSR count). The van der Waals surface area contributed by atoms with E-state index in [-0.39, 0.29) is 11.6 Å². The lowest BCUT2D eigenvalue weighted by molar-refractivity contribution is 0.100. The molecule has 0 atom stereocenters. The molecule has 0 saturated carbocycles. The van der Waals surface area contributed by atoms with Crippen molar-refractivity contribution in [1.82, 2.24) is 0 Å². The first-order chi connectivity index (χ1) is 11.2. The van der Waals surface area contributed by atoms with Gasteiger partial charge in [-0.25, -0.2) is 0 Å². The summed E-state index contributed by atoms with van der Waals surface area (Å²) in [4.78, 5) is 25.7. The topological polar surface area (TPSA) is 34.1 Å². The minimum Gasteiger partial charge on any atom is -0.289 e. The van der Waals surface area contributed by atoms with Crippen LogP contribution in [0.25, 0.3) is 0 Å². The first-order valence-electron chi connectivity index (χ1n) is 7.47. The maximum atomic E-state index is 12.9. The van der Waals surface area contributed by atoms with Crippen LogP contribution in [0, 0.1) is 6.92 Å². The summed E-state index contributed by atoms with van der Waals surface area (Å²) in [5.74, 6) is -0.253. The lowest BCUT2D eigenvalue weighted by atomic mass is 9.90. The van der Waals surface area contributed by atoms with Crippen molar-refractivity contribution in [2.45, 2.75) is 6.92 Å². The van der Waals surface area contributed by atoms with Gasteiger partial charge in [0.2, 0.25) is 0 Å². The van der Waals surface area contributed by atoms with Crippen LogP contribution < -0.4 is 0 Å². The fraction of sp³-hybridized carbons (Fsp3) is 0.0476. The second-order valence-corrected chi connectivity index (χ2v) is 5.39. The van der Waals surface area contributed by atoms with Crippen molar-refractivity contribution in [2.75, 3.05) is 0 Å². The van der Waals surface area contributed by atoms with Gasteiger partial charge in [0.05, 0.1) is 0 Å². The highest BCUT2D eigenvalue weighted by molar-refractivity contribution is 6.20. The second-order valence-electron chi connectivity index (χ2n) is 5.39. The van der Waals surface area contributed by atoms with Gasteiger partial charge >= 0.3 is 0 Å². The Morgan fingerprint density at radius 1 is 0.609 bits per heavy atom. The Balaban J connectivity index is 2.11. The molecule has 3 aromatic carbocycles. The average molecular weight is 300 g/mol. The zero-order valence-electron chi connectivity index (χ0n) is 12.8. The molecular formula is C21H16O2. The van der Waals surface area contributed by atoms with Gasteiger partial charge in [0.1, 0.15) is 0 Å². The molecule has 0 aliphatic heterocycles. The summed E-state index contributed by atoms with van der Waals surface area (Å²) >= 11 is 0. The molecule has 0 heterocycles. The van der Waals surface area contributed by atoms with Crippen molar-refractivity contribution >= 4 is 11.6 Å². The summed E-state index contributed by atoms with van der Waals surface area (Å²) in [5.41, 5.74) is 2.90. The molecular weight excluding hydrogens is 284 g/mol. The molecule has 0 saturated heterocycles. The van der Waals surface area contributed by atoms with Gasteiger partial charge in [-0.05, 0) is 12.5 Å². The van der Waals surface area contributed by atoms with Crippen molar-refractivity contribution in [1.29, 1.82) is 0 Å². The molecule has 0 N–H and O–H groups in total. The standard InChI is InChI=1S/C21H16O2/c1-15-9-8-14-18(20(22)16-10-4-2-5-11-16)19(15)21(23)17-12-6-3-7-13-17/h2-14H,1H3. The number of hydrogen-bond donors (Lipinski definition) is 0. The van der Waals surface area contributed by atoms with Crippen LogP contribution in [0.4, 0.5) is 0 Å². The van der Waals surface area contributed by atoms with Gasteiger partial charge in [0.25, 0.3) is 0 Å². The van der Waals surface area contributed by atoms with Crippen molar-refractivity contribution in [3.8, 4) is 0 Å². The third-order valence-corrected chi connectivity index (χ3v) is 3.82. The number of carbonyl (C=O) groups is 2. The molecule has 0 aromatic heterocycles. The van der Waals surface area contributed by atoms with Gasteiger partial charge in [0.15, 0.2) is 11.6 Å². The van der Waals surface area contributed by atoms with Crippen LogP contribution in [0.3, 0.4) is 0 Å². The van der Waals surface area contributed by atoms with E-state index in [0.717, 1.165) is 5.56 Å². The molecule has 0 radical (unpaired) electrons. The summed E-state index contributed by atoms with van der Waals surface area (Å²) in [6.07, 6.45) is 0. The van der Waals surface area contributed by atoms with Crippen molar-refractivity contribution < 1.29 is 9.59 Å². The van der Waals surface area contributed by atoms with E-state index in [1.165, 1.54) is 0 Å². The molecule has 0 bridgehead atoms. The first-order valence-corrected chi connectivity index (χ1v) is 7.47. The molecule has 2 nitrogen and oxygen atoms in total. The van der Waals surface area contributed by atoms with E-state index in [0.29, 0.717) is 22.3 Å². The Labute approximate surface area is 135 Å². The van der Waals surface area contributed by atoms with Crippen molar-refractivity contribution in [3.05, 3.63) is 107 Å². The maximum absolute atomic E-state index is 12.9. The quantitative estimate of drug-likeness (QED) is 0.667. The van der Waals surface area contributed by atoms with Gasteiger partial charge in [-0.3, -0.25) is 9.59 Å². The van der Waals surface area contributed by atoms with Crippen molar-refractivity contribution in [3.63, 3.8) is 0 Å². The number of carbonyl (C=O) groups excluding carboxylic acids is 2. The van der Waals surface area contributed by atoms with E-state index in [1.54, 1.807) is 30.3 Å². The lowest BCUT2D eigenvalue weighted by Gasteiger charge is -2.11. The summed E-state index contributed by atoms with van der Waals surface area (Å²) < 4.78 is 0. The van der Waals surface area contributed by atoms with Gasteiger partial charge < -0.3 is 0 Å². The minimum absolute atomic E-state index is 0.122. The van der Waals surface area contributed by atoms with Gasteiger partial charge in [-0.1, -0.05) is 78.9 Å². The number of aryl methyl sites for hydroxylation is 1. The largest absolute Gasteiger partial charge is 0.289 e. The third-order valence-electron chi connectivity index (χ3n) is 3.82. The first kappa shape index (κ1) is 14.9. The molecule has 0 aliphatic carbocycles. The molecule has 2 heteroatoms. The molecule has 0 spiro atoms. The zero-order chi connectivity index (χ0) is 16.2. The summed E-state index contributed by atoms with van der Waals surface area (Å²) in [6, 6.07) is 23.5. The van der Waals surface area contributed by atoms with Crippen LogP contribution in [-0.4, -0.2) is 11.6 Å². The molecule has 0 unspecified atom stereocenters. The Kier molecular flexibility index (Phi) is 4.15. The monoisotopic (exact) mass is 300 g/mol. The van der Waals surface area contributed by atoms with Crippen LogP contribution in [0.2, 0.25) is 0 Å². The normalized spacial score (nSPS) is 10.3. The van der Waals surface area contributed by atoms with Gasteiger partial charge in [0, 0.05) is 22.3 Å². The van der Waals surface area contributed by atoms with Crippen LogP contribution >= 0.6 is 0 Å². The minimum atomic E-state index is -0.131. The predicted molar refractivity (Wildman–Crippen MR) is 90.9 cm³/mol. The Bertz CT molecular complexity index is 850. The molecule has 0 amide bonds. The third kappa shape index (κ3) is 2.97. The zero-order valence-corrected chi connectivity index (χ0v) is 12.8. The summed E-state index contributed by atoms with van der Waals surface area (Å²) in [6.45, 7) is 1.86. The number of rotatable bonds is 4. The van der Waals surface area contributed by atoms with Gasteiger partial charge in [-0.2, -0.15) is 0 Å². The Hall–Kier alpha value is -3.00. The van der Waals surface area contributed by atoms with E-state index in [2.05, 4.69) is 0 Å². The van der Waals surface area contributed by atoms with Crippen LogP contribution in [0.1, 0.15) is 37.4 Å². The van der Waals surface area contributed by atoms with E-state index in [4.69, 9.17) is 0 Å². The highest BCUT2D eigenvalue weighted by Crippen LogP contribution is 2.21. The highest BCUT2D eigenvalue weighted by atomic mass is 16.1. The highest BCUT2D eigenvalue weighted by Gasteiger charge is 2.21. The predicted octanol–water partition coefficient (Wildman–Crippen LogP) is 4.46. The molecule has 0 fully saturated rings. The Morgan fingerprint density at radius 3 is 1.70 bits per heavy atom. The Morgan fingerprint density at radius 2 is 1.13 bits per heavy atom. The lowest BCUT2D eigenvalue weighted by Crippen LogP contribution is -2.12. The summed E-state index contributed by atoms with van der Waals surface area (Å²) in [5, 5.41) is 0. The second kappa shape index (κ2) is 6.41. The van der Waals surface area contributed by atoms with E-state index in [9.17, 15) is 9.59 Å². The number of benzene rings is 3. The van der Waals surface area contributed by atoms with E-state index >= 15 is 0 Å². The van der Waals surface area contributed by atoms with Crippen LogP contribution in [0.5, 0.6) is 0 Å². The molecule has 0 aliphatic rings. The fourth-order valence-corrected chi connectivity index (χ4v) is 2.64. The summed E-state index contributed by atoms with van der Waals surface area (Å²) in [7, 11) is 0. The molecule has 23 heavy (non-hydrogen) atoms. The van der Waals surface area contributed by atoms with Crippen LogP contribution in [-0.2, 0) is 0 Å². The van der Waals surface area contributed by atoms with E-state index < -0.39 is 0 Å². The van der Waals surface area contributed by atoms with Crippen LogP contribution in [0.15, 0.2) is 78.9 Å². The fourth-order valence-electron chi connectivity index (χ4n) is 2.64.